The molecule has 1 aliphatic heterocycles. The first-order valence-corrected chi connectivity index (χ1v) is 6.87. The third-order valence-corrected chi connectivity index (χ3v) is 4.59. The highest BCUT2D eigenvalue weighted by molar-refractivity contribution is 8.52. The first kappa shape index (κ1) is 10.5. The zero-order valence-corrected chi connectivity index (χ0v) is 9.38. The fourth-order valence-corrected chi connectivity index (χ4v) is 2.78. The Kier molecular flexibility index (Phi) is 5.23. The number of hydrogen-bond donors (Lipinski definition) is 0. The van der Waals surface area contributed by atoms with E-state index in [0.717, 1.165) is 22.3 Å². The Morgan fingerprint density at radius 2 is 2.42 bits per heavy atom. The van der Waals surface area contributed by atoms with Gasteiger partial charge in [-0.25, -0.2) is 0 Å². The van der Waals surface area contributed by atoms with Gasteiger partial charge in [-0.05, 0) is 6.42 Å². The van der Waals surface area contributed by atoms with Gasteiger partial charge in [0.05, 0.1) is 5.08 Å². The lowest BCUT2D eigenvalue weighted by Crippen LogP contribution is -1.96. The third-order valence-electron chi connectivity index (χ3n) is 1.23. The van der Waals surface area contributed by atoms with Gasteiger partial charge in [0.1, 0.15) is 6.61 Å². The second kappa shape index (κ2) is 5.97. The van der Waals surface area contributed by atoms with E-state index >= 15 is 0 Å². The van der Waals surface area contributed by atoms with Crippen molar-refractivity contribution in [3.63, 3.8) is 0 Å². The van der Waals surface area contributed by atoms with E-state index in [1.807, 2.05) is 0 Å². The Balaban J connectivity index is 2.11. The molecule has 68 valence electrons. The van der Waals surface area contributed by atoms with Gasteiger partial charge in [-0.2, -0.15) is 0 Å². The van der Waals surface area contributed by atoms with Crippen LogP contribution >= 0.6 is 31.7 Å². The van der Waals surface area contributed by atoms with Gasteiger partial charge in [0.25, 0.3) is 0 Å². The lowest BCUT2D eigenvalue weighted by atomic mass is 10.4. The highest BCUT2D eigenvalue weighted by Gasteiger charge is 2.23. The molecule has 1 heterocycles. The minimum Gasteiger partial charge on any atom is -0.124 e. The molecule has 0 amide bonds. The number of hydrogen-bond acceptors (Lipinski definition) is 4. The van der Waals surface area contributed by atoms with Crippen LogP contribution in [0.5, 0.6) is 0 Å². The van der Waals surface area contributed by atoms with Crippen LogP contribution in [-0.2, 0) is 9.09 Å². The van der Waals surface area contributed by atoms with Crippen LogP contribution < -0.4 is 0 Å². The molecular formula is C6H11NO2PS2+. The van der Waals surface area contributed by atoms with E-state index in [2.05, 4.69) is 11.7 Å². The molecule has 0 aromatic rings. The maximum absolute atomic E-state index is 11.0. The molecule has 1 fully saturated rings. The Morgan fingerprint density at radius 3 is 2.92 bits per heavy atom. The molecule has 1 rings (SSSR count). The van der Waals surface area contributed by atoms with Crippen LogP contribution in [0.25, 0.3) is 0 Å². The molecule has 0 aliphatic carbocycles. The Morgan fingerprint density at radius 1 is 1.67 bits per heavy atom. The SMILES string of the molecule is CCCCO[P+](=O)N=C1SCS1. The maximum Gasteiger partial charge on any atom is 0.670 e. The lowest BCUT2D eigenvalue weighted by molar-refractivity contribution is 0.322. The molecule has 1 unspecified atom stereocenters. The molecule has 3 nitrogen and oxygen atoms in total. The molecule has 0 saturated carbocycles. The van der Waals surface area contributed by atoms with Crippen molar-refractivity contribution >= 4 is 36.1 Å². The van der Waals surface area contributed by atoms with Gasteiger partial charge in [0.15, 0.2) is 4.38 Å². The summed E-state index contributed by atoms with van der Waals surface area (Å²) in [6.07, 6.45) is 2.01. The molecule has 0 spiro atoms. The maximum atomic E-state index is 11.0. The number of nitrogens with zero attached hydrogens (tertiary/aromatic N) is 1. The summed E-state index contributed by atoms with van der Waals surface area (Å²) in [5, 5.41) is 1.02. The van der Waals surface area contributed by atoms with Crippen molar-refractivity contribution < 1.29 is 9.09 Å². The van der Waals surface area contributed by atoms with Crippen LogP contribution in [0.1, 0.15) is 19.8 Å². The van der Waals surface area contributed by atoms with E-state index in [1.54, 1.807) is 23.5 Å². The molecule has 12 heavy (non-hydrogen) atoms. The van der Waals surface area contributed by atoms with Gasteiger partial charge in [-0.15, -0.1) is 4.52 Å². The molecule has 0 radical (unpaired) electrons. The quantitative estimate of drug-likeness (QED) is 0.530. The van der Waals surface area contributed by atoms with Gasteiger partial charge >= 0.3 is 8.18 Å². The highest BCUT2D eigenvalue weighted by atomic mass is 32.3. The normalized spacial score (nSPS) is 17.1. The van der Waals surface area contributed by atoms with Crippen LogP contribution in [0.4, 0.5) is 0 Å². The Hall–Kier alpha value is 0.430. The van der Waals surface area contributed by atoms with E-state index < -0.39 is 8.18 Å². The molecule has 1 saturated heterocycles. The fourth-order valence-electron chi connectivity index (χ4n) is 0.552. The molecule has 1 atom stereocenters. The molecule has 0 bridgehead atoms. The molecular weight excluding hydrogens is 213 g/mol. The third kappa shape index (κ3) is 3.90. The average Bonchev–Trinajstić information content (AvgIpc) is 1.98. The van der Waals surface area contributed by atoms with Crippen LogP contribution in [0.3, 0.4) is 0 Å². The minimum atomic E-state index is -1.79. The molecule has 1 aliphatic rings. The van der Waals surface area contributed by atoms with E-state index in [-0.39, 0.29) is 0 Å². The van der Waals surface area contributed by atoms with Gasteiger partial charge in [0, 0.05) is 9.33 Å². The Labute approximate surface area is 81.7 Å². The molecule has 6 heteroatoms. The van der Waals surface area contributed by atoms with Crippen LogP contribution in [0.15, 0.2) is 4.76 Å². The van der Waals surface area contributed by atoms with Crippen molar-refractivity contribution in [2.75, 3.05) is 11.7 Å². The topological polar surface area (TPSA) is 38.7 Å². The van der Waals surface area contributed by atoms with E-state index in [9.17, 15) is 4.57 Å². The van der Waals surface area contributed by atoms with E-state index in [1.165, 1.54) is 0 Å². The Bertz CT molecular complexity index is 192. The van der Waals surface area contributed by atoms with Crippen molar-refractivity contribution in [3.05, 3.63) is 0 Å². The highest BCUT2D eigenvalue weighted by Crippen LogP contribution is 2.38. The summed E-state index contributed by atoms with van der Waals surface area (Å²) < 4.78 is 20.8. The lowest BCUT2D eigenvalue weighted by Gasteiger charge is -2.07. The van der Waals surface area contributed by atoms with Gasteiger partial charge in [-0.1, -0.05) is 36.9 Å². The number of unbranched alkanes of at least 4 members (excludes halogenated alkanes) is 1. The minimum absolute atomic E-state index is 0.553. The second-order valence-corrected chi connectivity index (χ2v) is 5.68. The summed E-state index contributed by atoms with van der Waals surface area (Å²) >= 11 is 3.24. The summed E-state index contributed by atoms with van der Waals surface area (Å²) in [7, 11) is -1.79. The largest absolute Gasteiger partial charge is 0.670 e. The summed E-state index contributed by atoms with van der Waals surface area (Å²) in [6.45, 7) is 2.62. The van der Waals surface area contributed by atoms with Crippen LogP contribution in [0.2, 0.25) is 0 Å². The zero-order chi connectivity index (χ0) is 8.81. The first-order valence-electron chi connectivity index (χ1n) is 3.77. The monoisotopic (exact) mass is 224 g/mol. The van der Waals surface area contributed by atoms with E-state index in [4.69, 9.17) is 4.52 Å². The predicted octanol–water partition coefficient (Wildman–Crippen LogP) is 3.25. The van der Waals surface area contributed by atoms with Gasteiger partial charge in [0.2, 0.25) is 0 Å². The second-order valence-electron chi connectivity index (χ2n) is 2.20. The van der Waals surface area contributed by atoms with Crippen molar-refractivity contribution in [1.82, 2.24) is 0 Å². The van der Waals surface area contributed by atoms with Crippen molar-refractivity contribution in [2.24, 2.45) is 4.76 Å². The van der Waals surface area contributed by atoms with Gasteiger partial charge < -0.3 is 0 Å². The summed E-state index contributed by atoms with van der Waals surface area (Å²) in [5.41, 5.74) is 0. The van der Waals surface area contributed by atoms with Crippen molar-refractivity contribution in [2.45, 2.75) is 19.8 Å². The fraction of sp³-hybridized carbons (Fsp3) is 0.833. The standard InChI is InChI=1S/C6H11NO2PS2/c1-2-3-4-9-10(8)7-6-11-5-12-6/h2-5H2,1H3/q+1. The number of thioether (sulfide) groups is 2. The van der Waals surface area contributed by atoms with Crippen molar-refractivity contribution in [3.8, 4) is 0 Å². The van der Waals surface area contributed by atoms with Crippen LogP contribution in [-0.4, -0.2) is 16.1 Å². The molecule has 0 N–H and O–H groups in total. The molecule has 0 aromatic heterocycles. The predicted molar refractivity (Wildman–Crippen MR) is 56.0 cm³/mol. The van der Waals surface area contributed by atoms with E-state index in [0.29, 0.717) is 6.61 Å². The van der Waals surface area contributed by atoms with Crippen LogP contribution in [0, 0.1) is 0 Å². The zero-order valence-electron chi connectivity index (χ0n) is 6.86. The smallest absolute Gasteiger partial charge is 0.124 e. The molecule has 0 aromatic carbocycles. The van der Waals surface area contributed by atoms with Gasteiger partial charge in [-0.3, -0.25) is 0 Å². The van der Waals surface area contributed by atoms with Crippen molar-refractivity contribution in [1.29, 1.82) is 0 Å². The number of rotatable bonds is 5. The summed E-state index contributed by atoms with van der Waals surface area (Å²) in [6, 6.07) is 0. The summed E-state index contributed by atoms with van der Waals surface area (Å²) in [4.78, 5) is 0. The average molecular weight is 224 g/mol. The first-order chi connectivity index (χ1) is 5.83. The summed E-state index contributed by atoms with van der Waals surface area (Å²) in [5.74, 6) is 0.